The van der Waals surface area contributed by atoms with Crippen LogP contribution in [-0.2, 0) is 16.1 Å². The number of rotatable bonds is 9. The Morgan fingerprint density at radius 3 is 2.64 bits per heavy atom. The predicted octanol–water partition coefficient (Wildman–Crippen LogP) is 2.65. The van der Waals surface area contributed by atoms with E-state index in [4.69, 9.17) is 4.74 Å². The molecule has 122 valence electrons. The van der Waals surface area contributed by atoms with Gasteiger partial charge in [-0.25, -0.2) is 4.79 Å². The third kappa shape index (κ3) is 7.78. The number of amides is 1. The van der Waals surface area contributed by atoms with Crippen LogP contribution in [0.5, 0.6) is 0 Å². The van der Waals surface area contributed by atoms with Crippen LogP contribution >= 0.6 is 0 Å². The quantitative estimate of drug-likeness (QED) is 0.688. The van der Waals surface area contributed by atoms with Crippen LogP contribution in [0, 0.1) is 0 Å². The van der Waals surface area contributed by atoms with Gasteiger partial charge in [0.15, 0.2) is 0 Å². The average molecular weight is 306 g/mol. The van der Waals surface area contributed by atoms with Crippen molar-refractivity contribution < 1.29 is 14.3 Å². The van der Waals surface area contributed by atoms with E-state index in [0.29, 0.717) is 19.4 Å². The van der Waals surface area contributed by atoms with E-state index < -0.39 is 11.7 Å². The van der Waals surface area contributed by atoms with Crippen LogP contribution in [0.2, 0.25) is 0 Å². The highest BCUT2D eigenvalue weighted by Gasteiger charge is 2.22. The minimum absolute atomic E-state index is 0.130. The first-order valence-electron chi connectivity index (χ1n) is 7.61. The molecule has 0 radical (unpaired) electrons. The number of hydrogen-bond donors (Lipinski definition) is 2. The fourth-order valence-corrected chi connectivity index (χ4v) is 1.94. The van der Waals surface area contributed by atoms with Crippen molar-refractivity contribution in [3.05, 3.63) is 35.9 Å². The molecule has 0 aliphatic rings. The normalized spacial score (nSPS) is 12.5. The third-order valence-electron chi connectivity index (χ3n) is 3.28. The van der Waals surface area contributed by atoms with Gasteiger partial charge in [-0.2, -0.15) is 0 Å². The Morgan fingerprint density at radius 2 is 2.00 bits per heavy atom. The summed E-state index contributed by atoms with van der Waals surface area (Å²) in [7, 11) is 0. The van der Waals surface area contributed by atoms with Crippen LogP contribution in [-0.4, -0.2) is 30.6 Å². The summed E-state index contributed by atoms with van der Waals surface area (Å²) in [4.78, 5) is 22.1. The predicted molar refractivity (Wildman–Crippen MR) is 86.6 cm³/mol. The number of ether oxygens (including phenoxy) is 1. The van der Waals surface area contributed by atoms with Crippen molar-refractivity contribution in [3.8, 4) is 0 Å². The number of carbonyl (C=O) groups is 2. The molecule has 0 saturated heterocycles. The molecule has 0 aliphatic heterocycles. The number of hydrogen-bond acceptors (Lipinski definition) is 4. The lowest BCUT2D eigenvalue weighted by molar-refractivity contribution is -0.108. The van der Waals surface area contributed by atoms with Crippen molar-refractivity contribution in [3.63, 3.8) is 0 Å². The van der Waals surface area contributed by atoms with Gasteiger partial charge in [-0.15, -0.1) is 0 Å². The van der Waals surface area contributed by atoms with Crippen LogP contribution in [0.25, 0.3) is 0 Å². The first-order chi connectivity index (χ1) is 10.4. The van der Waals surface area contributed by atoms with Gasteiger partial charge in [0.1, 0.15) is 11.9 Å². The molecule has 5 nitrogen and oxygen atoms in total. The Morgan fingerprint density at radius 1 is 1.32 bits per heavy atom. The lowest BCUT2D eigenvalue weighted by Crippen LogP contribution is -2.41. The van der Waals surface area contributed by atoms with Crippen molar-refractivity contribution in [2.75, 3.05) is 6.54 Å². The fourth-order valence-electron chi connectivity index (χ4n) is 1.94. The zero-order valence-electron chi connectivity index (χ0n) is 13.6. The van der Waals surface area contributed by atoms with E-state index in [2.05, 4.69) is 22.8 Å². The van der Waals surface area contributed by atoms with Gasteiger partial charge in [-0.3, -0.25) is 0 Å². The SMILES string of the molecule is C[C@@H](CNC(=O)OC(C)(C)CCC=O)NCc1ccccc1. The molecule has 0 aromatic heterocycles. The van der Waals surface area contributed by atoms with E-state index in [-0.39, 0.29) is 6.04 Å². The summed E-state index contributed by atoms with van der Waals surface area (Å²) in [6, 6.07) is 10.2. The largest absolute Gasteiger partial charge is 0.444 e. The van der Waals surface area contributed by atoms with Gasteiger partial charge in [-0.05, 0) is 32.8 Å². The zero-order chi connectivity index (χ0) is 16.4. The molecule has 2 N–H and O–H groups in total. The average Bonchev–Trinajstić information content (AvgIpc) is 2.49. The van der Waals surface area contributed by atoms with Crippen LogP contribution in [0.1, 0.15) is 39.2 Å². The fraction of sp³-hybridized carbons (Fsp3) is 0.529. The Balaban J connectivity index is 2.24. The third-order valence-corrected chi connectivity index (χ3v) is 3.28. The number of benzene rings is 1. The van der Waals surface area contributed by atoms with Crippen LogP contribution in [0.4, 0.5) is 4.79 Å². The number of alkyl carbamates (subject to hydrolysis) is 1. The van der Waals surface area contributed by atoms with Crippen molar-refractivity contribution in [2.24, 2.45) is 0 Å². The molecule has 0 heterocycles. The molecule has 22 heavy (non-hydrogen) atoms. The smallest absolute Gasteiger partial charge is 0.407 e. The van der Waals surface area contributed by atoms with Gasteiger partial charge in [-0.1, -0.05) is 30.3 Å². The molecular formula is C17H26N2O3. The van der Waals surface area contributed by atoms with Crippen LogP contribution < -0.4 is 10.6 Å². The molecule has 0 spiro atoms. The second-order valence-electron chi connectivity index (χ2n) is 6.00. The summed E-state index contributed by atoms with van der Waals surface area (Å²) in [6.07, 6.45) is 1.28. The Hall–Kier alpha value is -1.88. The van der Waals surface area contributed by atoms with Crippen LogP contribution in [0.3, 0.4) is 0 Å². The molecule has 0 bridgehead atoms. The molecule has 1 aromatic rings. The lowest BCUT2D eigenvalue weighted by atomic mass is 10.0. The van der Waals surface area contributed by atoms with Gasteiger partial charge in [0.05, 0.1) is 0 Å². The maximum atomic E-state index is 11.8. The van der Waals surface area contributed by atoms with Crippen molar-refractivity contribution in [2.45, 2.75) is 51.8 Å². The van der Waals surface area contributed by atoms with E-state index in [1.165, 1.54) is 5.56 Å². The highest BCUT2D eigenvalue weighted by molar-refractivity contribution is 5.67. The van der Waals surface area contributed by atoms with Crippen LogP contribution in [0.15, 0.2) is 30.3 Å². The molecule has 0 aliphatic carbocycles. The molecular weight excluding hydrogens is 280 g/mol. The molecule has 0 saturated carbocycles. The van der Waals surface area contributed by atoms with E-state index in [9.17, 15) is 9.59 Å². The molecule has 5 heteroatoms. The van der Waals surface area contributed by atoms with E-state index in [1.54, 1.807) is 13.8 Å². The lowest BCUT2D eigenvalue weighted by Gasteiger charge is -2.25. The second kappa shape index (κ2) is 9.20. The van der Waals surface area contributed by atoms with Gasteiger partial charge < -0.3 is 20.2 Å². The summed E-state index contributed by atoms with van der Waals surface area (Å²) in [5.41, 5.74) is 0.568. The summed E-state index contributed by atoms with van der Waals surface area (Å²) < 4.78 is 5.32. The summed E-state index contributed by atoms with van der Waals surface area (Å²) in [5.74, 6) is 0. The monoisotopic (exact) mass is 306 g/mol. The van der Waals surface area contributed by atoms with Crippen molar-refractivity contribution in [1.29, 1.82) is 0 Å². The van der Waals surface area contributed by atoms with Gasteiger partial charge in [0.25, 0.3) is 0 Å². The van der Waals surface area contributed by atoms with Crippen molar-refractivity contribution in [1.82, 2.24) is 10.6 Å². The summed E-state index contributed by atoms with van der Waals surface area (Å²) in [5, 5.41) is 6.07. The topological polar surface area (TPSA) is 67.4 Å². The maximum Gasteiger partial charge on any atom is 0.407 e. The van der Waals surface area contributed by atoms with E-state index >= 15 is 0 Å². The van der Waals surface area contributed by atoms with Gasteiger partial charge >= 0.3 is 6.09 Å². The van der Waals surface area contributed by atoms with E-state index in [1.807, 2.05) is 25.1 Å². The Labute approximate surface area is 132 Å². The van der Waals surface area contributed by atoms with Crippen molar-refractivity contribution >= 4 is 12.4 Å². The first kappa shape index (κ1) is 18.2. The molecule has 1 atom stereocenters. The van der Waals surface area contributed by atoms with E-state index in [0.717, 1.165) is 12.8 Å². The Kier molecular flexibility index (Phi) is 7.60. The minimum atomic E-state index is -0.633. The zero-order valence-corrected chi connectivity index (χ0v) is 13.6. The van der Waals surface area contributed by atoms with Gasteiger partial charge in [0, 0.05) is 25.6 Å². The van der Waals surface area contributed by atoms with Gasteiger partial charge in [0.2, 0.25) is 0 Å². The second-order valence-corrected chi connectivity index (χ2v) is 6.00. The highest BCUT2D eigenvalue weighted by Crippen LogP contribution is 2.15. The maximum absolute atomic E-state index is 11.8. The molecule has 0 fully saturated rings. The molecule has 1 aromatic carbocycles. The number of carbonyl (C=O) groups excluding carboxylic acids is 2. The Bertz CT molecular complexity index is 460. The standard InChI is InChI=1S/C17H26N2O3/c1-14(18-13-15-8-5-4-6-9-15)12-19-16(21)22-17(2,3)10-7-11-20/h4-6,8-9,11,14,18H,7,10,12-13H2,1-3H3,(H,19,21)/t14-/m0/s1. The molecule has 1 rings (SSSR count). The molecule has 0 unspecified atom stereocenters. The summed E-state index contributed by atoms with van der Waals surface area (Å²) >= 11 is 0. The number of aldehydes is 1. The minimum Gasteiger partial charge on any atom is -0.444 e. The highest BCUT2D eigenvalue weighted by atomic mass is 16.6. The molecule has 1 amide bonds. The summed E-state index contributed by atoms with van der Waals surface area (Å²) in [6.45, 7) is 6.83. The first-order valence-corrected chi connectivity index (χ1v) is 7.61. The number of nitrogens with one attached hydrogen (secondary N) is 2.